The number of carbonyl (C=O) groups excluding carboxylic acids is 1. The minimum absolute atomic E-state index is 0.00259. The Labute approximate surface area is 84.6 Å². The average Bonchev–Trinajstić information content (AvgIpc) is 2.19. The van der Waals surface area contributed by atoms with Gasteiger partial charge in [-0.25, -0.2) is 11.4 Å². The van der Waals surface area contributed by atoms with E-state index in [-0.39, 0.29) is 18.1 Å². The summed E-state index contributed by atoms with van der Waals surface area (Å²) in [6.07, 6.45) is 3.31. The van der Waals surface area contributed by atoms with Gasteiger partial charge >= 0.3 is 5.97 Å². The van der Waals surface area contributed by atoms with E-state index in [9.17, 15) is 4.79 Å². The van der Waals surface area contributed by atoms with Crippen LogP contribution < -0.4 is 0 Å². The number of hydrogen-bond donors (Lipinski definition) is 0. The Kier molecular flexibility index (Phi) is 3.70. The molecule has 1 rings (SSSR count). The number of nitrogens with zero attached hydrogens (tertiary/aromatic N) is 1. The molecule has 0 bridgehead atoms. The summed E-state index contributed by atoms with van der Waals surface area (Å²) < 4.78 is 5.20. The highest BCUT2D eigenvalue weighted by Crippen LogP contribution is 2.23. The Morgan fingerprint density at radius 2 is 2.00 bits per heavy atom. The van der Waals surface area contributed by atoms with Crippen molar-refractivity contribution in [1.29, 1.82) is 0 Å². The molecule has 0 aromatic heterocycles. The van der Waals surface area contributed by atoms with Crippen LogP contribution in [0.25, 0.3) is 4.85 Å². The summed E-state index contributed by atoms with van der Waals surface area (Å²) in [5.74, 6) is -0.309. The van der Waals surface area contributed by atoms with Crippen molar-refractivity contribution in [2.75, 3.05) is 0 Å². The average molecular weight is 193 g/mol. The quantitative estimate of drug-likeness (QED) is 0.383. The van der Waals surface area contributed by atoms with E-state index < -0.39 is 0 Å². The molecule has 76 valence electrons. The van der Waals surface area contributed by atoms with Crippen LogP contribution >= 0.6 is 0 Å². The fraction of sp³-hybridized carbons (Fsp3) is 0.636. The molecule has 14 heavy (non-hydrogen) atoms. The molecule has 0 atom stereocenters. The molecule has 1 saturated carbocycles. The normalized spacial score (nSPS) is 26.3. The molecule has 0 aromatic carbocycles. The monoisotopic (exact) mass is 193 g/mol. The van der Waals surface area contributed by atoms with Gasteiger partial charge in [0, 0.05) is 18.4 Å². The summed E-state index contributed by atoms with van der Waals surface area (Å²) in [6, 6.07) is 0.134. The molecule has 3 heteroatoms. The highest BCUT2D eigenvalue weighted by Gasteiger charge is 2.26. The zero-order valence-corrected chi connectivity index (χ0v) is 8.45. The standard InChI is InChI=1S/C11H15NO2/c1-8(2)11(13)14-10-6-4-9(12-3)5-7-10/h9-10H,1,4-7H2,2H3. The van der Waals surface area contributed by atoms with Crippen LogP contribution in [-0.2, 0) is 9.53 Å². The fourth-order valence-electron chi connectivity index (χ4n) is 1.54. The lowest BCUT2D eigenvalue weighted by molar-refractivity contribution is -0.145. The van der Waals surface area contributed by atoms with Crippen molar-refractivity contribution in [1.82, 2.24) is 0 Å². The Morgan fingerprint density at radius 1 is 1.43 bits per heavy atom. The van der Waals surface area contributed by atoms with Gasteiger partial charge in [0.05, 0.1) is 0 Å². The first-order chi connectivity index (χ1) is 6.63. The van der Waals surface area contributed by atoms with Crippen molar-refractivity contribution in [2.24, 2.45) is 0 Å². The summed E-state index contributed by atoms with van der Waals surface area (Å²) in [7, 11) is 0. The maximum Gasteiger partial charge on any atom is 0.333 e. The summed E-state index contributed by atoms with van der Waals surface area (Å²) in [6.45, 7) is 12.1. The van der Waals surface area contributed by atoms with Gasteiger partial charge in [-0.3, -0.25) is 0 Å². The molecule has 0 spiro atoms. The third-order valence-corrected chi connectivity index (χ3v) is 2.45. The Bertz CT molecular complexity index is 270. The lowest BCUT2D eigenvalue weighted by Gasteiger charge is -2.22. The molecule has 0 heterocycles. The van der Waals surface area contributed by atoms with Crippen LogP contribution in [-0.4, -0.2) is 18.1 Å². The zero-order valence-electron chi connectivity index (χ0n) is 8.45. The first-order valence-corrected chi connectivity index (χ1v) is 4.86. The number of esters is 1. The summed E-state index contributed by atoms with van der Waals surface area (Å²) in [5.41, 5.74) is 0.442. The van der Waals surface area contributed by atoms with Gasteiger partial charge in [-0.1, -0.05) is 6.58 Å². The first kappa shape index (κ1) is 10.8. The molecule has 0 aromatic rings. The van der Waals surface area contributed by atoms with Gasteiger partial charge in [-0.05, 0) is 19.8 Å². The number of hydrogen-bond acceptors (Lipinski definition) is 2. The topological polar surface area (TPSA) is 30.7 Å². The molecule has 1 aliphatic carbocycles. The maximum absolute atomic E-state index is 11.2. The smallest absolute Gasteiger partial charge is 0.333 e. The van der Waals surface area contributed by atoms with Crippen molar-refractivity contribution in [3.05, 3.63) is 23.6 Å². The van der Waals surface area contributed by atoms with Gasteiger partial charge in [0.15, 0.2) is 0 Å². The van der Waals surface area contributed by atoms with Crippen molar-refractivity contribution in [2.45, 2.75) is 44.8 Å². The minimum atomic E-state index is -0.309. The third-order valence-electron chi connectivity index (χ3n) is 2.45. The van der Waals surface area contributed by atoms with E-state index in [0.717, 1.165) is 25.7 Å². The van der Waals surface area contributed by atoms with Gasteiger partial charge in [0.2, 0.25) is 6.04 Å². The van der Waals surface area contributed by atoms with Crippen LogP contribution in [0.5, 0.6) is 0 Å². The molecule has 1 aliphatic rings. The highest BCUT2D eigenvalue weighted by molar-refractivity contribution is 5.87. The molecule has 0 unspecified atom stereocenters. The van der Waals surface area contributed by atoms with E-state index in [1.807, 2.05) is 0 Å². The van der Waals surface area contributed by atoms with Gasteiger partial charge in [-0.15, -0.1) is 0 Å². The van der Waals surface area contributed by atoms with E-state index in [1.54, 1.807) is 6.92 Å². The van der Waals surface area contributed by atoms with Crippen LogP contribution in [0.3, 0.4) is 0 Å². The Morgan fingerprint density at radius 3 is 2.43 bits per heavy atom. The minimum Gasteiger partial charge on any atom is -0.459 e. The molecule has 3 nitrogen and oxygen atoms in total. The van der Waals surface area contributed by atoms with Crippen LogP contribution in [0.15, 0.2) is 12.2 Å². The molecule has 0 N–H and O–H groups in total. The second-order valence-corrected chi connectivity index (χ2v) is 3.75. The van der Waals surface area contributed by atoms with Gasteiger partial charge in [0.25, 0.3) is 0 Å². The van der Waals surface area contributed by atoms with Crippen molar-refractivity contribution in [3.63, 3.8) is 0 Å². The van der Waals surface area contributed by atoms with Crippen molar-refractivity contribution in [3.8, 4) is 0 Å². The lowest BCUT2D eigenvalue weighted by atomic mass is 9.93. The van der Waals surface area contributed by atoms with E-state index >= 15 is 0 Å². The van der Waals surface area contributed by atoms with E-state index in [0.29, 0.717) is 5.57 Å². The lowest BCUT2D eigenvalue weighted by Crippen LogP contribution is -2.25. The maximum atomic E-state index is 11.2. The van der Waals surface area contributed by atoms with Gasteiger partial charge in [-0.2, -0.15) is 0 Å². The second-order valence-electron chi connectivity index (χ2n) is 3.75. The molecule has 1 fully saturated rings. The predicted octanol–water partition coefficient (Wildman–Crippen LogP) is 2.34. The van der Waals surface area contributed by atoms with Crippen LogP contribution in [0.1, 0.15) is 32.6 Å². The molecule has 0 saturated heterocycles. The number of rotatable bonds is 2. The van der Waals surface area contributed by atoms with Gasteiger partial charge in [0.1, 0.15) is 6.10 Å². The Hall–Kier alpha value is -1.30. The largest absolute Gasteiger partial charge is 0.459 e. The molecule has 0 radical (unpaired) electrons. The van der Waals surface area contributed by atoms with E-state index in [2.05, 4.69) is 11.4 Å². The molecule has 0 amide bonds. The molecular formula is C11H15NO2. The third kappa shape index (κ3) is 2.88. The Balaban J connectivity index is 2.33. The van der Waals surface area contributed by atoms with Gasteiger partial charge < -0.3 is 9.58 Å². The highest BCUT2D eigenvalue weighted by atomic mass is 16.5. The zero-order chi connectivity index (χ0) is 10.6. The molecule has 0 aliphatic heterocycles. The van der Waals surface area contributed by atoms with Crippen LogP contribution in [0, 0.1) is 6.57 Å². The molecular weight excluding hydrogens is 178 g/mol. The van der Waals surface area contributed by atoms with Crippen LogP contribution in [0.2, 0.25) is 0 Å². The van der Waals surface area contributed by atoms with Crippen LogP contribution in [0.4, 0.5) is 0 Å². The first-order valence-electron chi connectivity index (χ1n) is 4.86. The summed E-state index contributed by atoms with van der Waals surface area (Å²) in [5, 5.41) is 0. The second kappa shape index (κ2) is 4.80. The SMILES string of the molecule is [C-]#[N+]C1CCC(OC(=O)C(=C)C)CC1. The van der Waals surface area contributed by atoms with Crippen molar-refractivity contribution < 1.29 is 9.53 Å². The summed E-state index contributed by atoms with van der Waals surface area (Å²) >= 11 is 0. The summed E-state index contributed by atoms with van der Waals surface area (Å²) in [4.78, 5) is 14.7. The predicted molar refractivity (Wildman–Crippen MR) is 53.6 cm³/mol. The number of carbonyl (C=O) groups is 1. The van der Waals surface area contributed by atoms with Crippen molar-refractivity contribution >= 4 is 5.97 Å². The fourth-order valence-corrected chi connectivity index (χ4v) is 1.54. The van der Waals surface area contributed by atoms with E-state index in [1.165, 1.54) is 0 Å². The van der Waals surface area contributed by atoms with E-state index in [4.69, 9.17) is 11.3 Å². The number of ether oxygens (including phenoxy) is 1.